The molecule has 1 unspecified atom stereocenters. The van der Waals surface area contributed by atoms with E-state index in [0.29, 0.717) is 5.75 Å². The molecule has 3 nitrogen and oxygen atoms in total. The third kappa shape index (κ3) is 4.14. The Balaban J connectivity index is 2.62. The normalized spacial score (nSPS) is 12.0. The van der Waals surface area contributed by atoms with Crippen LogP contribution in [0.3, 0.4) is 0 Å². The number of carbonyl (C=O) groups excluding carboxylic acids is 1. The van der Waals surface area contributed by atoms with E-state index in [0.717, 1.165) is 8.95 Å². The molecule has 1 atom stereocenters. The van der Waals surface area contributed by atoms with E-state index < -0.39 is 0 Å². The molecule has 5 heteroatoms. The SMILES string of the molecule is COC(=O)CC(C)Oc1ccc(Br)cc1Br. The lowest BCUT2D eigenvalue weighted by molar-refractivity contribution is -0.142. The fraction of sp³-hybridized carbons (Fsp3) is 0.364. The van der Waals surface area contributed by atoms with Gasteiger partial charge < -0.3 is 9.47 Å². The van der Waals surface area contributed by atoms with Crippen LogP contribution in [0.1, 0.15) is 13.3 Å². The lowest BCUT2D eigenvalue weighted by Crippen LogP contribution is -2.18. The fourth-order valence-electron chi connectivity index (χ4n) is 1.15. The van der Waals surface area contributed by atoms with E-state index in [2.05, 4.69) is 36.6 Å². The van der Waals surface area contributed by atoms with Crippen molar-refractivity contribution in [3.63, 3.8) is 0 Å². The van der Waals surface area contributed by atoms with Crippen LogP contribution in [0.2, 0.25) is 0 Å². The summed E-state index contributed by atoms with van der Waals surface area (Å²) in [7, 11) is 1.37. The Morgan fingerprint density at radius 3 is 2.69 bits per heavy atom. The molecule has 88 valence electrons. The minimum atomic E-state index is -0.277. The second kappa shape index (κ2) is 6.25. The molecule has 0 N–H and O–H groups in total. The monoisotopic (exact) mass is 350 g/mol. The summed E-state index contributed by atoms with van der Waals surface area (Å²) in [4.78, 5) is 11.0. The maximum atomic E-state index is 11.0. The molecule has 0 saturated heterocycles. The molecule has 0 aliphatic rings. The van der Waals surface area contributed by atoms with Crippen molar-refractivity contribution in [1.82, 2.24) is 0 Å². The zero-order chi connectivity index (χ0) is 12.1. The highest BCUT2D eigenvalue weighted by atomic mass is 79.9. The van der Waals surface area contributed by atoms with Gasteiger partial charge in [-0.1, -0.05) is 15.9 Å². The molecule has 0 spiro atoms. The molecule has 0 amide bonds. The van der Waals surface area contributed by atoms with E-state index in [9.17, 15) is 4.79 Å². The standard InChI is InChI=1S/C11H12Br2O3/c1-7(5-11(14)15-2)16-10-4-3-8(12)6-9(10)13/h3-4,6-7H,5H2,1-2H3. The first-order chi connectivity index (χ1) is 7.52. The maximum absolute atomic E-state index is 11.0. The van der Waals surface area contributed by atoms with Crippen molar-refractivity contribution in [2.24, 2.45) is 0 Å². The van der Waals surface area contributed by atoms with Crippen LogP contribution >= 0.6 is 31.9 Å². The summed E-state index contributed by atoms with van der Waals surface area (Å²) < 4.78 is 12.0. The first kappa shape index (κ1) is 13.5. The van der Waals surface area contributed by atoms with Crippen molar-refractivity contribution in [2.75, 3.05) is 7.11 Å². The Morgan fingerprint density at radius 1 is 1.44 bits per heavy atom. The number of benzene rings is 1. The van der Waals surface area contributed by atoms with Crippen LogP contribution in [0.5, 0.6) is 5.75 Å². The molecular weight excluding hydrogens is 340 g/mol. The van der Waals surface area contributed by atoms with Gasteiger partial charge in [0.25, 0.3) is 0 Å². The Labute approximate surface area is 111 Å². The Morgan fingerprint density at radius 2 is 2.12 bits per heavy atom. The summed E-state index contributed by atoms with van der Waals surface area (Å²) in [5.74, 6) is 0.431. The van der Waals surface area contributed by atoms with Gasteiger partial charge in [0.15, 0.2) is 0 Å². The van der Waals surface area contributed by atoms with Gasteiger partial charge in [-0.2, -0.15) is 0 Å². The minimum Gasteiger partial charge on any atom is -0.489 e. The molecule has 0 fully saturated rings. The van der Waals surface area contributed by atoms with Gasteiger partial charge in [0.1, 0.15) is 11.9 Å². The molecule has 0 aliphatic carbocycles. The highest BCUT2D eigenvalue weighted by Crippen LogP contribution is 2.29. The largest absolute Gasteiger partial charge is 0.489 e. The molecule has 0 aliphatic heterocycles. The molecule has 1 aromatic rings. The van der Waals surface area contributed by atoms with E-state index >= 15 is 0 Å². The topological polar surface area (TPSA) is 35.5 Å². The predicted molar refractivity (Wildman–Crippen MR) is 68.6 cm³/mol. The molecule has 0 saturated carbocycles. The fourth-order valence-corrected chi connectivity index (χ4v) is 2.29. The number of carbonyl (C=O) groups is 1. The van der Waals surface area contributed by atoms with E-state index in [-0.39, 0.29) is 18.5 Å². The van der Waals surface area contributed by atoms with Crippen LogP contribution < -0.4 is 4.74 Å². The second-order valence-corrected chi connectivity index (χ2v) is 5.05. The first-order valence-corrected chi connectivity index (χ1v) is 6.30. The van der Waals surface area contributed by atoms with Gasteiger partial charge in [-0.3, -0.25) is 4.79 Å². The van der Waals surface area contributed by atoms with Crippen LogP contribution in [0, 0.1) is 0 Å². The Kier molecular flexibility index (Phi) is 5.28. The predicted octanol–water partition coefficient (Wildman–Crippen LogP) is 3.54. The lowest BCUT2D eigenvalue weighted by Gasteiger charge is -2.14. The van der Waals surface area contributed by atoms with Gasteiger partial charge in [-0.25, -0.2) is 0 Å². The van der Waals surface area contributed by atoms with Gasteiger partial charge in [0, 0.05) is 4.47 Å². The second-order valence-electron chi connectivity index (χ2n) is 3.28. The number of ether oxygens (including phenoxy) is 2. The highest BCUT2D eigenvalue weighted by Gasteiger charge is 2.12. The van der Waals surface area contributed by atoms with E-state index in [1.807, 2.05) is 25.1 Å². The molecule has 0 radical (unpaired) electrons. The van der Waals surface area contributed by atoms with Gasteiger partial charge in [-0.05, 0) is 41.1 Å². The average Bonchev–Trinajstić information content (AvgIpc) is 2.22. The van der Waals surface area contributed by atoms with Crippen molar-refractivity contribution >= 4 is 37.8 Å². The quantitative estimate of drug-likeness (QED) is 0.778. The molecule has 1 aromatic carbocycles. The number of methoxy groups -OCH3 is 1. The molecule has 1 rings (SSSR count). The van der Waals surface area contributed by atoms with Crippen LogP contribution in [-0.4, -0.2) is 19.2 Å². The highest BCUT2D eigenvalue weighted by molar-refractivity contribution is 9.11. The number of esters is 1. The first-order valence-electron chi connectivity index (χ1n) is 4.71. The number of hydrogen-bond acceptors (Lipinski definition) is 3. The Hall–Kier alpha value is -0.550. The maximum Gasteiger partial charge on any atom is 0.309 e. The van der Waals surface area contributed by atoms with Crippen LogP contribution in [-0.2, 0) is 9.53 Å². The average molecular weight is 352 g/mol. The number of rotatable bonds is 4. The summed E-state index contributed by atoms with van der Waals surface area (Å²) in [6.45, 7) is 1.82. The summed E-state index contributed by atoms with van der Waals surface area (Å²) in [5.41, 5.74) is 0. The minimum absolute atomic E-state index is 0.218. The van der Waals surface area contributed by atoms with Gasteiger partial charge >= 0.3 is 5.97 Å². The summed E-state index contributed by atoms with van der Waals surface area (Å²) in [6.07, 6.45) is 0.0175. The van der Waals surface area contributed by atoms with E-state index in [1.165, 1.54) is 7.11 Å². The third-order valence-electron chi connectivity index (χ3n) is 1.90. The van der Waals surface area contributed by atoms with Crippen molar-refractivity contribution in [2.45, 2.75) is 19.4 Å². The van der Waals surface area contributed by atoms with Crippen LogP contribution in [0.25, 0.3) is 0 Å². The van der Waals surface area contributed by atoms with Crippen LogP contribution in [0.4, 0.5) is 0 Å². The smallest absolute Gasteiger partial charge is 0.309 e. The van der Waals surface area contributed by atoms with Gasteiger partial charge in [0.05, 0.1) is 18.0 Å². The molecule has 0 heterocycles. The van der Waals surface area contributed by atoms with Crippen molar-refractivity contribution in [3.05, 3.63) is 27.1 Å². The van der Waals surface area contributed by atoms with Gasteiger partial charge in [0.2, 0.25) is 0 Å². The number of hydrogen-bond donors (Lipinski definition) is 0. The summed E-state index contributed by atoms with van der Waals surface area (Å²) in [6, 6.07) is 5.60. The van der Waals surface area contributed by atoms with Gasteiger partial charge in [-0.15, -0.1) is 0 Å². The summed E-state index contributed by atoms with van der Waals surface area (Å²) in [5, 5.41) is 0. The van der Waals surface area contributed by atoms with Crippen molar-refractivity contribution < 1.29 is 14.3 Å². The zero-order valence-electron chi connectivity index (χ0n) is 9.00. The Bertz CT molecular complexity index is 379. The van der Waals surface area contributed by atoms with Crippen molar-refractivity contribution in [1.29, 1.82) is 0 Å². The molecule has 16 heavy (non-hydrogen) atoms. The lowest BCUT2D eigenvalue weighted by atomic mass is 10.3. The number of halogens is 2. The molecular formula is C11H12Br2O3. The third-order valence-corrected chi connectivity index (χ3v) is 3.02. The van der Waals surface area contributed by atoms with Crippen molar-refractivity contribution in [3.8, 4) is 5.75 Å². The molecule has 0 aromatic heterocycles. The molecule has 0 bridgehead atoms. The van der Waals surface area contributed by atoms with E-state index in [4.69, 9.17) is 4.74 Å². The summed E-state index contributed by atoms with van der Waals surface area (Å²) >= 11 is 6.74. The zero-order valence-corrected chi connectivity index (χ0v) is 12.2. The van der Waals surface area contributed by atoms with Crippen LogP contribution in [0.15, 0.2) is 27.1 Å². The van der Waals surface area contributed by atoms with E-state index in [1.54, 1.807) is 0 Å².